The fourth-order valence-electron chi connectivity index (χ4n) is 3.26. The Morgan fingerprint density at radius 3 is 2.32 bits per heavy atom. The highest BCUT2D eigenvalue weighted by molar-refractivity contribution is 8.00. The van der Waals surface area contributed by atoms with Crippen LogP contribution in [0, 0.1) is 0 Å². The van der Waals surface area contributed by atoms with Gasteiger partial charge in [-0.3, -0.25) is 14.4 Å². The second kappa shape index (κ2) is 8.10. The Hall–Kier alpha value is -2.10. The number of hydrogen-bond acceptors (Lipinski definition) is 9. The van der Waals surface area contributed by atoms with E-state index in [1.807, 2.05) is 24.3 Å². The van der Waals surface area contributed by atoms with Crippen molar-refractivity contribution in [3.05, 3.63) is 35.2 Å². The van der Waals surface area contributed by atoms with Gasteiger partial charge in [0.2, 0.25) is 0 Å². The monoisotopic (exact) mass is 424 g/mol. The molecule has 1 N–H and O–H groups in total. The number of thiophene rings is 1. The number of fused-ring (bicyclic) bond motifs is 1. The number of carbonyl (C=O) groups excluding carboxylic acids is 3. The number of thioether (sulfide) groups is 1. The van der Waals surface area contributed by atoms with Crippen molar-refractivity contribution in [3.8, 4) is 0 Å². The van der Waals surface area contributed by atoms with Crippen molar-refractivity contribution in [2.75, 3.05) is 5.75 Å². The van der Waals surface area contributed by atoms with Crippen LogP contribution < -0.4 is 0 Å². The largest absolute Gasteiger partial charge is 0.458 e. The molecule has 1 saturated heterocycles. The lowest BCUT2D eigenvalue weighted by atomic mass is 9.95. The number of carbonyl (C=O) groups is 3. The highest BCUT2D eigenvalue weighted by Crippen LogP contribution is 2.49. The molecule has 0 radical (unpaired) electrons. The lowest BCUT2D eigenvalue weighted by Crippen LogP contribution is -2.58. The average molecular weight is 424 g/mol. The molecule has 7 nitrogen and oxygen atoms in total. The van der Waals surface area contributed by atoms with Gasteiger partial charge in [0.05, 0.1) is 0 Å². The summed E-state index contributed by atoms with van der Waals surface area (Å²) in [7, 11) is 0. The van der Waals surface area contributed by atoms with E-state index in [0.29, 0.717) is 5.56 Å². The average Bonchev–Trinajstić information content (AvgIpc) is 3.04. The Morgan fingerprint density at radius 1 is 1.04 bits per heavy atom. The molecule has 4 atom stereocenters. The first-order chi connectivity index (χ1) is 13.2. The molecule has 2 aromatic rings. The molecule has 0 amide bonds. The topological polar surface area (TPSA) is 99.1 Å². The summed E-state index contributed by atoms with van der Waals surface area (Å²) >= 11 is 2.53. The summed E-state index contributed by atoms with van der Waals surface area (Å²) in [4.78, 5) is 33.3. The minimum Gasteiger partial charge on any atom is -0.458 e. The van der Waals surface area contributed by atoms with Crippen molar-refractivity contribution in [1.82, 2.24) is 0 Å². The zero-order valence-electron chi connectivity index (χ0n) is 15.5. The van der Waals surface area contributed by atoms with E-state index < -0.39 is 41.2 Å². The maximum absolute atomic E-state index is 11.8. The quantitative estimate of drug-likeness (QED) is 0.591. The fourth-order valence-corrected chi connectivity index (χ4v) is 5.69. The van der Waals surface area contributed by atoms with E-state index in [1.54, 1.807) is 5.38 Å². The predicted octanol–water partition coefficient (Wildman–Crippen LogP) is 2.59. The zero-order valence-corrected chi connectivity index (χ0v) is 17.2. The number of ether oxygens (including phenoxy) is 3. The lowest BCUT2D eigenvalue weighted by molar-refractivity contribution is -0.197. The summed E-state index contributed by atoms with van der Waals surface area (Å²) in [5.74, 6) is -1.68. The van der Waals surface area contributed by atoms with Gasteiger partial charge in [-0.1, -0.05) is 18.2 Å². The molecule has 3 rings (SSSR count). The normalized spacial score (nSPS) is 27.2. The second-order valence-electron chi connectivity index (χ2n) is 6.40. The Bertz CT molecular complexity index is 909. The van der Waals surface area contributed by atoms with Crippen molar-refractivity contribution in [1.29, 1.82) is 0 Å². The number of aliphatic hydroxyl groups is 1. The molecule has 0 aliphatic carbocycles. The highest BCUT2D eigenvalue weighted by atomic mass is 32.2. The van der Waals surface area contributed by atoms with Crippen LogP contribution in [0.2, 0.25) is 0 Å². The van der Waals surface area contributed by atoms with Crippen LogP contribution >= 0.6 is 23.1 Å². The molecule has 0 saturated carbocycles. The van der Waals surface area contributed by atoms with Gasteiger partial charge in [-0.05, 0) is 16.8 Å². The molecular weight excluding hydrogens is 404 g/mol. The molecule has 1 aromatic carbocycles. The SMILES string of the molecule is CC(=O)O[C@@H]1[C@@H](OC(C)=O)C(O)(c2csc3ccccc23)SC[C@H]1OC(C)=O. The minimum atomic E-state index is -1.68. The van der Waals surface area contributed by atoms with Gasteiger partial charge < -0.3 is 19.3 Å². The van der Waals surface area contributed by atoms with Crippen LogP contribution in [-0.4, -0.2) is 47.1 Å². The first-order valence-corrected chi connectivity index (χ1v) is 10.4. The summed E-state index contributed by atoms with van der Waals surface area (Å²) in [6, 6.07) is 7.53. The van der Waals surface area contributed by atoms with Gasteiger partial charge in [-0.15, -0.1) is 23.1 Å². The summed E-state index contributed by atoms with van der Waals surface area (Å²) in [5.41, 5.74) is 0.558. The van der Waals surface area contributed by atoms with E-state index in [2.05, 4.69) is 0 Å². The molecule has 1 aliphatic heterocycles. The van der Waals surface area contributed by atoms with Crippen LogP contribution in [0.25, 0.3) is 10.1 Å². The molecule has 1 aromatic heterocycles. The summed E-state index contributed by atoms with van der Waals surface area (Å²) in [6.07, 6.45) is -3.26. The molecule has 0 spiro atoms. The molecule has 0 bridgehead atoms. The van der Waals surface area contributed by atoms with Crippen LogP contribution in [0.1, 0.15) is 26.3 Å². The zero-order chi connectivity index (χ0) is 20.5. The van der Waals surface area contributed by atoms with Crippen LogP contribution in [0.15, 0.2) is 29.6 Å². The van der Waals surface area contributed by atoms with Crippen molar-refractivity contribution in [2.24, 2.45) is 0 Å². The van der Waals surface area contributed by atoms with Crippen molar-refractivity contribution >= 4 is 51.1 Å². The maximum atomic E-state index is 11.8. The van der Waals surface area contributed by atoms with Gasteiger partial charge in [-0.2, -0.15) is 0 Å². The fraction of sp³-hybridized carbons (Fsp3) is 0.421. The van der Waals surface area contributed by atoms with E-state index in [9.17, 15) is 19.5 Å². The molecular formula is C19H20O7S2. The Morgan fingerprint density at radius 2 is 1.68 bits per heavy atom. The number of esters is 3. The van der Waals surface area contributed by atoms with Crippen LogP contribution in [0.4, 0.5) is 0 Å². The molecule has 1 fully saturated rings. The van der Waals surface area contributed by atoms with Crippen LogP contribution in [0.5, 0.6) is 0 Å². The van der Waals surface area contributed by atoms with E-state index in [1.165, 1.54) is 32.1 Å². The molecule has 9 heteroatoms. The third kappa shape index (κ3) is 4.01. The van der Waals surface area contributed by atoms with Crippen molar-refractivity contribution < 1.29 is 33.7 Å². The van der Waals surface area contributed by atoms with E-state index in [0.717, 1.165) is 21.8 Å². The maximum Gasteiger partial charge on any atom is 0.303 e. The summed E-state index contributed by atoms with van der Waals surface area (Å²) in [6.45, 7) is 3.65. The smallest absolute Gasteiger partial charge is 0.303 e. The van der Waals surface area contributed by atoms with Gasteiger partial charge in [-0.25, -0.2) is 0 Å². The highest BCUT2D eigenvalue weighted by Gasteiger charge is 2.56. The van der Waals surface area contributed by atoms with E-state index in [4.69, 9.17) is 14.2 Å². The van der Waals surface area contributed by atoms with Gasteiger partial charge in [0.15, 0.2) is 23.2 Å². The lowest BCUT2D eigenvalue weighted by Gasteiger charge is -2.45. The van der Waals surface area contributed by atoms with Gasteiger partial charge in [0.1, 0.15) is 0 Å². The molecule has 150 valence electrons. The Labute approximate surface area is 170 Å². The molecule has 2 heterocycles. The van der Waals surface area contributed by atoms with E-state index in [-0.39, 0.29) is 5.75 Å². The molecule has 1 aliphatic rings. The van der Waals surface area contributed by atoms with E-state index >= 15 is 0 Å². The van der Waals surface area contributed by atoms with Gasteiger partial charge >= 0.3 is 17.9 Å². The standard InChI is InChI=1S/C19H20O7S2/c1-10(20)24-15-9-28-19(23,14-8-27-16-7-5-4-6-13(14)16)18(26-12(3)22)17(15)25-11(2)21/h4-8,15,17-18,23H,9H2,1-3H3/t15-,17+,18-,19?/m1/s1. The number of hydrogen-bond donors (Lipinski definition) is 1. The first-order valence-electron chi connectivity index (χ1n) is 8.57. The predicted molar refractivity (Wildman–Crippen MR) is 105 cm³/mol. The first kappa shape index (κ1) is 20.6. The number of rotatable bonds is 4. The minimum absolute atomic E-state index is 0.163. The second-order valence-corrected chi connectivity index (χ2v) is 8.56. The van der Waals surface area contributed by atoms with Crippen LogP contribution in [0.3, 0.4) is 0 Å². The Balaban J connectivity index is 2.09. The molecule has 1 unspecified atom stereocenters. The van der Waals surface area contributed by atoms with Gasteiger partial charge in [0, 0.05) is 36.8 Å². The van der Waals surface area contributed by atoms with Crippen molar-refractivity contribution in [2.45, 2.75) is 44.0 Å². The third-order valence-electron chi connectivity index (χ3n) is 4.30. The third-order valence-corrected chi connectivity index (χ3v) is 6.65. The summed E-state index contributed by atoms with van der Waals surface area (Å²) in [5, 5.41) is 14.2. The Kier molecular flexibility index (Phi) is 5.97. The molecule has 28 heavy (non-hydrogen) atoms. The van der Waals surface area contributed by atoms with Crippen molar-refractivity contribution in [3.63, 3.8) is 0 Å². The summed E-state index contributed by atoms with van der Waals surface area (Å²) < 4.78 is 17.0. The van der Waals surface area contributed by atoms with Crippen LogP contribution in [-0.2, 0) is 33.5 Å². The number of benzene rings is 1. The van der Waals surface area contributed by atoms with Gasteiger partial charge in [0.25, 0.3) is 0 Å².